The number of carbonyl (C=O) groups excluding carboxylic acids is 1. The monoisotopic (exact) mass is 441 g/mol. The van der Waals surface area contributed by atoms with Gasteiger partial charge >= 0.3 is 26.2 Å². The maximum absolute atomic E-state index is 9.11. The number of nitrogens with one attached hydrogen (secondary N) is 1. The first-order valence-electron chi connectivity index (χ1n) is 6.44. The maximum Gasteiger partial charge on any atom is 4.00 e. The predicted molar refractivity (Wildman–Crippen MR) is 89.5 cm³/mol. The zero-order valence-corrected chi connectivity index (χ0v) is 18.3. The molecule has 0 saturated carbocycles. The van der Waals surface area contributed by atoms with Crippen LogP contribution in [-0.4, -0.2) is 15.4 Å². The van der Waals surface area contributed by atoms with Crippen LogP contribution in [0.2, 0.25) is 13.1 Å². The van der Waals surface area contributed by atoms with Gasteiger partial charge in [-0.05, 0) is 6.92 Å². The Kier molecular flexibility index (Phi) is 17.8. The van der Waals surface area contributed by atoms with Crippen LogP contribution >= 0.6 is 0 Å². The van der Waals surface area contributed by atoms with Crippen molar-refractivity contribution in [1.29, 1.82) is 0 Å². The summed E-state index contributed by atoms with van der Waals surface area (Å²) in [6, 6.07) is 19.3. The fourth-order valence-electron chi connectivity index (χ4n) is 1.90. The van der Waals surface area contributed by atoms with Crippen molar-refractivity contribution in [3.05, 3.63) is 60.3 Å². The van der Waals surface area contributed by atoms with Gasteiger partial charge in [0.1, 0.15) is 0 Å². The van der Waals surface area contributed by atoms with Gasteiger partial charge in [-0.1, -0.05) is 49.5 Å². The van der Waals surface area contributed by atoms with E-state index in [-0.39, 0.29) is 51.0 Å². The molecule has 3 aromatic rings. The predicted octanol–water partition coefficient (Wildman–Crippen LogP) is -0.911. The van der Waals surface area contributed by atoms with Crippen LogP contribution in [0.1, 0.15) is 6.92 Å². The van der Waals surface area contributed by atoms with Gasteiger partial charge in [0.15, 0.2) is 0 Å². The van der Waals surface area contributed by atoms with Crippen LogP contribution in [0.25, 0.3) is 27.3 Å². The molecule has 120 valence electrons. The summed E-state index contributed by atoms with van der Waals surface area (Å²) in [5, 5.41) is 5.39. The summed E-state index contributed by atoms with van der Waals surface area (Å²) in [4.78, 5) is 9.11. The molecular weight excluding hydrogens is 424 g/mol. The van der Waals surface area contributed by atoms with Crippen molar-refractivity contribution in [2.24, 2.45) is 0 Å². The molecule has 2 radical (unpaired) electrons. The van der Waals surface area contributed by atoms with Crippen LogP contribution in [0.3, 0.4) is 0 Å². The molecule has 0 aromatic heterocycles. The van der Waals surface area contributed by atoms with Crippen LogP contribution in [0.5, 0.6) is 0 Å². The summed E-state index contributed by atoms with van der Waals surface area (Å²) in [7, 11) is 1.08. The molecule has 0 aliphatic carbocycles. The molecule has 2 nitrogen and oxygen atoms in total. The minimum atomic E-state index is -0.583. The topological polar surface area (TPSA) is 40.9 Å². The molecule has 0 aliphatic rings. The smallest absolute Gasteiger partial charge is 1.00 e. The van der Waals surface area contributed by atoms with Crippen molar-refractivity contribution in [3.63, 3.8) is 0 Å². The van der Waals surface area contributed by atoms with E-state index >= 15 is 0 Å². The molecule has 0 bridgehead atoms. The van der Waals surface area contributed by atoms with Crippen molar-refractivity contribution in [2.45, 2.75) is 20.0 Å². The Morgan fingerprint density at radius 3 is 1.48 bits per heavy atom. The largest absolute Gasteiger partial charge is 4.00 e. The van der Waals surface area contributed by atoms with E-state index in [9.17, 15) is 0 Å². The number of hydrogen-bond acceptors (Lipinski definition) is 1. The number of hydrogen-bond donors (Lipinski definition) is 0. The van der Waals surface area contributed by atoms with Crippen molar-refractivity contribution >= 4 is 37.0 Å². The zero-order chi connectivity index (χ0) is 15.0. The molecule has 0 spiro atoms. The van der Waals surface area contributed by atoms with E-state index in [1.165, 1.54) is 28.5 Å². The van der Waals surface area contributed by atoms with Crippen LogP contribution in [-0.2, 0) is 31.0 Å². The fourth-order valence-corrected chi connectivity index (χ4v) is 1.90. The average Bonchev–Trinajstić information content (AvgIpc) is 2.77. The van der Waals surface area contributed by atoms with Crippen molar-refractivity contribution in [3.8, 4) is 0 Å². The normalized spacial score (nSPS) is 8.13. The number of rotatable bonds is 0. The first kappa shape index (κ1) is 27.3. The minimum Gasteiger partial charge on any atom is -1.00 e. The maximum atomic E-state index is 9.11. The van der Waals surface area contributed by atoms with Gasteiger partial charge in [-0.15, -0.1) is 39.7 Å². The van der Waals surface area contributed by atoms with Gasteiger partial charge in [-0.2, -0.15) is 0 Å². The van der Waals surface area contributed by atoms with Crippen molar-refractivity contribution < 1.29 is 55.8 Å². The summed E-state index contributed by atoms with van der Waals surface area (Å²) in [6.45, 7) is 5.50. The van der Waals surface area contributed by atoms with E-state index in [2.05, 4.69) is 67.7 Å². The molecular formula is C17H19Cl2NOSiZr. The van der Waals surface area contributed by atoms with E-state index in [1.807, 2.05) is 0 Å². The second kappa shape index (κ2) is 15.0. The third-order valence-corrected chi connectivity index (χ3v) is 2.52. The molecule has 0 unspecified atom stereocenters. The van der Waals surface area contributed by atoms with Crippen LogP contribution < -0.4 is 24.8 Å². The standard InChI is InChI=1S/C13H9.C2H5NO.C2H6Si.2ClH.Zr/c1-3-7-12-10(5-1)9-11-6-2-4-8-13(11)12;1-2(3)4;1-3-2;;;/h1-9H;1H3,(H2,3,4);1-2H3;2*1H;/q-1;;;;;+4/p-3. The van der Waals surface area contributed by atoms with Crippen LogP contribution in [0.4, 0.5) is 0 Å². The molecule has 1 N–H and O–H groups in total. The van der Waals surface area contributed by atoms with E-state index in [4.69, 9.17) is 10.5 Å². The Morgan fingerprint density at radius 2 is 1.17 bits per heavy atom. The Labute approximate surface area is 172 Å². The third-order valence-electron chi connectivity index (χ3n) is 2.52. The van der Waals surface area contributed by atoms with Crippen LogP contribution in [0.15, 0.2) is 54.6 Å². The Balaban J connectivity index is -0.000000352. The molecule has 23 heavy (non-hydrogen) atoms. The summed E-state index contributed by atoms with van der Waals surface area (Å²) < 4.78 is 0. The fraction of sp³-hybridized carbons (Fsp3) is 0.176. The number of halogens is 2. The summed E-state index contributed by atoms with van der Waals surface area (Å²) in [6.07, 6.45) is 0. The number of benzene rings is 2. The molecule has 1 amide bonds. The number of amides is 1. The molecule has 0 saturated heterocycles. The number of carbonyl (C=O) groups is 1. The number of fused-ring (bicyclic) bond motifs is 3. The van der Waals surface area contributed by atoms with Gasteiger partial charge in [-0.25, -0.2) is 0 Å². The molecule has 0 fully saturated rings. The first-order chi connectivity index (χ1) is 9.60. The Hall–Kier alpha value is -0.540. The van der Waals surface area contributed by atoms with Gasteiger partial charge < -0.3 is 35.3 Å². The van der Waals surface area contributed by atoms with Gasteiger partial charge in [0.2, 0.25) is 0 Å². The summed E-state index contributed by atoms with van der Waals surface area (Å²) in [5.74, 6) is -0.583. The SMILES string of the molecule is CC([NH-])=O.C[Si]C.[Cl-].[Cl-].[Zr+4].c1ccc2c(c1)[cH-]c1ccccc12. The molecule has 0 atom stereocenters. The first-order valence-corrected chi connectivity index (χ1v) is 8.44. The van der Waals surface area contributed by atoms with Gasteiger partial charge in [0.05, 0.1) is 0 Å². The second-order valence-electron chi connectivity index (χ2n) is 4.38. The molecule has 6 heteroatoms. The molecule has 0 aliphatic heterocycles. The van der Waals surface area contributed by atoms with Gasteiger partial charge in [0, 0.05) is 15.4 Å². The minimum absolute atomic E-state index is 0. The van der Waals surface area contributed by atoms with Gasteiger partial charge in [0.25, 0.3) is 0 Å². The van der Waals surface area contributed by atoms with Gasteiger partial charge in [-0.3, -0.25) is 0 Å². The average molecular weight is 444 g/mol. The Morgan fingerprint density at radius 1 is 0.913 bits per heavy atom. The van der Waals surface area contributed by atoms with E-state index in [1.54, 1.807) is 0 Å². The zero-order valence-electron chi connectivity index (χ0n) is 13.4. The van der Waals surface area contributed by atoms with E-state index in [0.717, 1.165) is 9.52 Å². The Bertz CT molecular complexity index is 634. The summed E-state index contributed by atoms with van der Waals surface area (Å²) in [5.41, 5.74) is 5.94. The van der Waals surface area contributed by atoms with E-state index < -0.39 is 5.91 Å². The van der Waals surface area contributed by atoms with Crippen molar-refractivity contribution in [2.75, 3.05) is 0 Å². The van der Waals surface area contributed by atoms with E-state index in [0.29, 0.717) is 0 Å². The molecule has 0 heterocycles. The second-order valence-corrected chi connectivity index (χ2v) is 5.38. The molecule has 3 aromatic carbocycles. The van der Waals surface area contributed by atoms with Crippen LogP contribution in [0, 0.1) is 0 Å². The quantitative estimate of drug-likeness (QED) is 0.328. The third kappa shape index (κ3) is 9.36. The molecule has 3 rings (SSSR count). The van der Waals surface area contributed by atoms with Crippen molar-refractivity contribution in [1.82, 2.24) is 0 Å². The summed E-state index contributed by atoms with van der Waals surface area (Å²) >= 11 is 0.